The number of primary amides is 1. The van der Waals surface area contributed by atoms with Gasteiger partial charge in [-0.15, -0.1) is 0 Å². The molecule has 0 aliphatic carbocycles. The molecule has 5 nitrogen and oxygen atoms in total. The van der Waals surface area contributed by atoms with Gasteiger partial charge in [0.1, 0.15) is 0 Å². The molecule has 0 saturated heterocycles. The summed E-state index contributed by atoms with van der Waals surface area (Å²) in [6.45, 7) is 0. The van der Waals surface area contributed by atoms with Gasteiger partial charge < -0.3 is 11.1 Å². The lowest BCUT2D eigenvalue weighted by molar-refractivity contribution is 0.100. The van der Waals surface area contributed by atoms with E-state index in [9.17, 15) is 18.4 Å². The molecule has 1 aromatic heterocycles. The van der Waals surface area contributed by atoms with Crippen molar-refractivity contribution >= 4 is 17.5 Å². The van der Waals surface area contributed by atoms with Crippen LogP contribution in [0.3, 0.4) is 0 Å². The van der Waals surface area contributed by atoms with Crippen LogP contribution in [0.15, 0.2) is 36.7 Å². The number of aromatic nitrogens is 1. The number of halogens is 2. The topological polar surface area (TPSA) is 85.1 Å². The Kier molecular flexibility index (Phi) is 3.69. The SMILES string of the molecule is NC(=O)c1ccncc1NC(=O)c1cccc(F)c1F. The first-order valence-electron chi connectivity index (χ1n) is 5.50. The zero-order valence-electron chi connectivity index (χ0n) is 10.1. The Morgan fingerprint density at radius 2 is 1.90 bits per heavy atom. The minimum atomic E-state index is -1.27. The zero-order valence-corrected chi connectivity index (χ0v) is 10.1. The molecule has 0 atom stereocenters. The smallest absolute Gasteiger partial charge is 0.258 e. The van der Waals surface area contributed by atoms with E-state index in [-0.39, 0.29) is 11.3 Å². The van der Waals surface area contributed by atoms with E-state index in [1.165, 1.54) is 24.5 Å². The number of rotatable bonds is 3. The first kappa shape index (κ1) is 13.6. The van der Waals surface area contributed by atoms with Gasteiger partial charge in [-0.1, -0.05) is 6.07 Å². The molecule has 3 N–H and O–H groups in total. The van der Waals surface area contributed by atoms with Crippen LogP contribution in [0.2, 0.25) is 0 Å². The van der Waals surface area contributed by atoms with Crippen LogP contribution >= 0.6 is 0 Å². The highest BCUT2D eigenvalue weighted by atomic mass is 19.2. The number of carbonyl (C=O) groups is 2. The molecular formula is C13H9F2N3O2. The first-order valence-corrected chi connectivity index (χ1v) is 5.50. The van der Waals surface area contributed by atoms with Crippen LogP contribution in [0.1, 0.15) is 20.7 Å². The summed E-state index contributed by atoms with van der Waals surface area (Å²) in [5.41, 5.74) is 4.69. The van der Waals surface area contributed by atoms with Crippen molar-refractivity contribution in [2.75, 3.05) is 5.32 Å². The van der Waals surface area contributed by atoms with E-state index >= 15 is 0 Å². The summed E-state index contributed by atoms with van der Waals surface area (Å²) in [6.07, 6.45) is 2.51. The van der Waals surface area contributed by atoms with E-state index in [1.54, 1.807) is 0 Å². The third kappa shape index (κ3) is 2.61. The van der Waals surface area contributed by atoms with Gasteiger partial charge in [0, 0.05) is 6.20 Å². The summed E-state index contributed by atoms with van der Waals surface area (Å²) < 4.78 is 26.5. The maximum atomic E-state index is 13.5. The minimum Gasteiger partial charge on any atom is -0.366 e. The van der Waals surface area contributed by atoms with Crippen molar-refractivity contribution in [3.8, 4) is 0 Å². The van der Waals surface area contributed by atoms with Crippen molar-refractivity contribution in [3.05, 3.63) is 59.4 Å². The fraction of sp³-hybridized carbons (Fsp3) is 0. The normalized spacial score (nSPS) is 10.1. The Bertz CT molecular complexity index is 689. The van der Waals surface area contributed by atoms with Crippen molar-refractivity contribution in [1.82, 2.24) is 4.98 Å². The van der Waals surface area contributed by atoms with Gasteiger partial charge in [-0.25, -0.2) is 8.78 Å². The first-order chi connectivity index (χ1) is 9.50. The molecule has 1 heterocycles. The number of nitrogens with zero attached hydrogens (tertiary/aromatic N) is 1. The van der Waals surface area contributed by atoms with Crippen LogP contribution < -0.4 is 11.1 Å². The lowest BCUT2D eigenvalue weighted by Crippen LogP contribution is -2.19. The average Bonchev–Trinajstić information content (AvgIpc) is 2.42. The number of benzene rings is 1. The molecule has 2 aromatic rings. The second-order valence-electron chi connectivity index (χ2n) is 3.84. The molecule has 7 heteroatoms. The third-order valence-corrected chi connectivity index (χ3v) is 2.53. The molecule has 2 amide bonds. The third-order valence-electron chi connectivity index (χ3n) is 2.53. The molecule has 20 heavy (non-hydrogen) atoms. The Morgan fingerprint density at radius 1 is 1.15 bits per heavy atom. The van der Waals surface area contributed by atoms with Gasteiger partial charge in [0.2, 0.25) is 0 Å². The number of nitrogens with two attached hydrogens (primary N) is 1. The minimum absolute atomic E-state index is 0.0187. The molecule has 0 saturated carbocycles. The quantitative estimate of drug-likeness (QED) is 0.895. The summed E-state index contributed by atoms with van der Waals surface area (Å²) >= 11 is 0. The number of carbonyl (C=O) groups excluding carboxylic acids is 2. The molecule has 0 unspecified atom stereocenters. The van der Waals surface area contributed by atoms with Crippen LogP contribution in [0.5, 0.6) is 0 Å². The molecule has 0 aliphatic rings. The van der Waals surface area contributed by atoms with Crippen molar-refractivity contribution in [2.24, 2.45) is 5.73 Å². The summed E-state index contributed by atoms with van der Waals surface area (Å²) in [4.78, 5) is 26.8. The summed E-state index contributed by atoms with van der Waals surface area (Å²) in [5, 5.41) is 2.27. The van der Waals surface area contributed by atoms with Gasteiger partial charge in [-0.2, -0.15) is 0 Å². The molecule has 0 spiro atoms. The highest BCUT2D eigenvalue weighted by Gasteiger charge is 2.17. The van der Waals surface area contributed by atoms with Gasteiger partial charge in [-0.3, -0.25) is 14.6 Å². The maximum Gasteiger partial charge on any atom is 0.258 e. The lowest BCUT2D eigenvalue weighted by Gasteiger charge is -2.08. The van der Waals surface area contributed by atoms with Gasteiger partial charge in [0.15, 0.2) is 11.6 Å². The summed E-state index contributed by atoms with van der Waals surface area (Å²) in [5.74, 6) is -4.09. The standard InChI is InChI=1S/C13H9F2N3O2/c14-9-3-1-2-8(11(9)15)13(20)18-10-6-17-5-4-7(10)12(16)19/h1-6H,(H2,16,19)(H,18,20). The number of nitrogens with one attached hydrogen (secondary N) is 1. The fourth-order valence-corrected chi connectivity index (χ4v) is 1.58. The van der Waals surface area contributed by atoms with Crippen molar-refractivity contribution < 1.29 is 18.4 Å². The lowest BCUT2D eigenvalue weighted by atomic mass is 10.1. The predicted molar refractivity (Wildman–Crippen MR) is 67.1 cm³/mol. The van der Waals surface area contributed by atoms with E-state index in [0.29, 0.717) is 0 Å². The molecule has 0 fully saturated rings. The van der Waals surface area contributed by atoms with E-state index in [4.69, 9.17) is 5.73 Å². The van der Waals surface area contributed by atoms with Crippen LogP contribution in [0.4, 0.5) is 14.5 Å². The van der Waals surface area contributed by atoms with Crippen LogP contribution in [-0.4, -0.2) is 16.8 Å². The van der Waals surface area contributed by atoms with E-state index in [1.807, 2.05) is 0 Å². The van der Waals surface area contributed by atoms with Crippen LogP contribution in [-0.2, 0) is 0 Å². The average molecular weight is 277 g/mol. The number of hydrogen-bond donors (Lipinski definition) is 2. The molecule has 0 aliphatic heterocycles. The number of pyridine rings is 1. The zero-order chi connectivity index (χ0) is 14.7. The van der Waals surface area contributed by atoms with Gasteiger partial charge in [0.25, 0.3) is 11.8 Å². The number of anilines is 1. The molecular weight excluding hydrogens is 268 g/mol. The van der Waals surface area contributed by atoms with Gasteiger partial charge in [0.05, 0.1) is 23.0 Å². The van der Waals surface area contributed by atoms with Crippen molar-refractivity contribution in [3.63, 3.8) is 0 Å². The maximum absolute atomic E-state index is 13.5. The van der Waals surface area contributed by atoms with Gasteiger partial charge in [-0.05, 0) is 18.2 Å². The van der Waals surface area contributed by atoms with Crippen LogP contribution in [0, 0.1) is 11.6 Å². The Hall–Kier alpha value is -2.83. The van der Waals surface area contributed by atoms with Gasteiger partial charge >= 0.3 is 0 Å². The van der Waals surface area contributed by atoms with Crippen LogP contribution in [0.25, 0.3) is 0 Å². The summed E-state index contributed by atoms with van der Waals surface area (Å²) in [7, 11) is 0. The van der Waals surface area contributed by atoms with E-state index in [0.717, 1.165) is 12.1 Å². The second-order valence-corrected chi connectivity index (χ2v) is 3.84. The highest BCUT2D eigenvalue weighted by Crippen LogP contribution is 2.16. The Balaban J connectivity index is 2.33. The predicted octanol–water partition coefficient (Wildman–Crippen LogP) is 1.71. The number of amides is 2. The molecule has 102 valence electrons. The highest BCUT2D eigenvalue weighted by molar-refractivity contribution is 6.08. The molecule has 1 aromatic carbocycles. The largest absolute Gasteiger partial charge is 0.366 e. The Morgan fingerprint density at radius 3 is 2.60 bits per heavy atom. The summed E-state index contributed by atoms with van der Waals surface area (Å²) in [6, 6.07) is 4.52. The molecule has 0 bridgehead atoms. The van der Waals surface area contributed by atoms with Crippen molar-refractivity contribution in [1.29, 1.82) is 0 Å². The van der Waals surface area contributed by atoms with E-state index in [2.05, 4.69) is 10.3 Å². The molecule has 0 radical (unpaired) electrons. The van der Waals surface area contributed by atoms with Crippen molar-refractivity contribution in [2.45, 2.75) is 0 Å². The van der Waals surface area contributed by atoms with E-state index < -0.39 is 29.0 Å². The molecule has 2 rings (SSSR count). The fourth-order valence-electron chi connectivity index (χ4n) is 1.58. The second kappa shape index (κ2) is 5.43. The number of hydrogen-bond acceptors (Lipinski definition) is 3. The Labute approximate surface area is 112 Å². The monoisotopic (exact) mass is 277 g/mol.